The van der Waals surface area contributed by atoms with Crippen LogP contribution >= 0.6 is 11.3 Å². The SMILES string of the molecule is Cc1csc(CNC(=O)C2CCCN(C3CCN(Cc4cccnc4)CC3)C2)n1. The van der Waals surface area contributed by atoms with E-state index in [2.05, 4.69) is 31.2 Å². The number of carbonyl (C=O) groups is 1. The maximum atomic E-state index is 12.7. The molecule has 0 bridgehead atoms. The number of amides is 1. The van der Waals surface area contributed by atoms with Crippen molar-refractivity contribution in [3.05, 3.63) is 46.2 Å². The molecule has 156 valence electrons. The van der Waals surface area contributed by atoms with Gasteiger partial charge in [-0.15, -0.1) is 11.3 Å². The number of pyridine rings is 1. The van der Waals surface area contributed by atoms with Crippen LogP contribution in [0.15, 0.2) is 29.9 Å². The molecule has 0 saturated carbocycles. The second kappa shape index (κ2) is 9.78. The van der Waals surface area contributed by atoms with E-state index in [1.54, 1.807) is 11.3 Å². The minimum atomic E-state index is 0.109. The second-order valence-electron chi connectivity index (χ2n) is 8.30. The Morgan fingerprint density at radius 2 is 2.14 bits per heavy atom. The van der Waals surface area contributed by atoms with E-state index in [1.165, 1.54) is 18.4 Å². The van der Waals surface area contributed by atoms with Gasteiger partial charge in [0.25, 0.3) is 0 Å². The van der Waals surface area contributed by atoms with Crippen LogP contribution in [0, 0.1) is 12.8 Å². The number of hydrogen-bond acceptors (Lipinski definition) is 6. The van der Waals surface area contributed by atoms with Crippen molar-refractivity contribution in [2.24, 2.45) is 5.92 Å². The number of thiazole rings is 1. The standard InChI is InChI=1S/C22H31N5OS/c1-17-16-29-21(25-17)13-24-22(28)19-5-3-9-27(15-19)20-6-10-26(11-7-20)14-18-4-2-8-23-12-18/h2,4,8,12,16,19-20H,3,5-7,9-11,13-15H2,1H3,(H,24,28). The first kappa shape index (κ1) is 20.4. The number of aryl methyl sites for hydroxylation is 1. The Labute approximate surface area is 177 Å². The lowest BCUT2D eigenvalue weighted by molar-refractivity contribution is -0.127. The van der Waals surface area contributed by atoms with Gasteiger partial charge in [-0.05, 0) is 63.9 Å². The topological polar surface area (TPSA) is 61.4 Å². The second-order valence-corrected chi connectivity index (χ2v) is 9.25. The summed E-state index contributed by atoms with van der Waals surface area (Å²) >= 11 is 1.62. The summed E-state index contributed by atoms with van der Waals surface area (Å²) < 4.78 is 0. The molecule has 2 aromatic rings. The van der Waals surface area contributed by atoms with Crippen molar-refractivity contribution in [2.75, 3.05) is 26.2 Å². The van der Waals surface area contributed by atoms with E-state index < -0.39 is 0 Å². The van der Waals surface area contributed by atoms with Crippen molar-refractivity contribution >= 4 is 17.2 Å². The van der Waals surface area contributed by atoms with Crippen LogP contribution in [0.3, 0.4) is 0 Å². The van der Waals surface area contributed by atoms with Crippen LogP contribution in [-0.4, -0.2) is 57.9 Å². The predicted molar refractivity (Wildman–Crippen MR) is 116 cm³/mol. The van der Waals surface area contributed by atoms with Gasteiger partial charge in [-0.25, -0.2) is 4.98 Å². The minimum Gasteiger partial charge on any atom is -0.349 e. The third kappa shape index (κ3) is 5.62. The summed E-state index contributed by atoms with van der Waals surface area (Å²) in [5, 5.41) is 6.13. The van der Waals surface area contributed by atoms with Crippen LogP contribution in [-0.2, 0) is 17.9 Å². The van der Waals surface area contributed by atoms with Crippen LogP contribution in [0.2, 0.25) is 0 Å². The highest BCUT2D eigenvalue weighted by Crippen LogP contribution is 2.25. The molecule has 0 radical (unpaired) electrons. The molecule has 7 heteroatoms. The molecule has 1 unspecified atom stereocenters. The number of hydrogen-bond donors (Lipinski definition) is 1. The molecule has 0 aliphatic carbocycles. The van der Waals surface area contributed by atoms with Gasteiger partial charge in [0.1, 0.15) is 5.01 Å². The molecular weight excluding hydrogens is 382 g/mol. The van der Waals surface area contributed by atoms with E-state index in [9.17, 15) is 4.79 Å². The summed E-state index contributed by atoms with van der Waals surface area (Å²) in [5.41, 5.74) is 2.31. The summed E-state index contributed by atoms with van der Waals surface area (Å²) in [6.07, 6.45) is 8.28. The van der Waals surface area contributed by atoms with Gasteiger partial charge in [0.15, 0.2) is 0 Å². The zero-order chi connectivity index (χ0) is 20.1. The zero-order valence-electron chi connectivity index (χ0n) is 17.2. The molecule has 4 rings (SSSR count). The smallest absolute Gasteiger partial charge is 0.224 e. The van der Waals surface area contributed by atoms with Crippen LogP contribution < -0.4 is 5.32 Å². The lowest BCUT2D eigenvalue weighted by atomic mass is 9.93. The van der Waals surface area contributed by atoms with Crippen molar-refractivity contribution in [3.63, 3.8) is 0 Å². The zero-order valence-corrected chi connectivity index (χ0v) is 18.0. The van der Waals surface area contributed by atoms with E-state index >= 15 is 0 Å². The molecule has 2 saturated heterocycles. The number of rotatable bonds is 6. The quantitative estimate of drug-likeness (QED) is 0.789. The van der Waals surface area contributed by atoms with Gasteiger partial charge in [-0.1, -0.05) is 6.07 Å². The van der Waals surface area contributed by atoms with Crippen LogP contribution in [0.5, 0.6) is 0 Å². The number of nitrogens with one attached hydrogen (secondary N) is 1. The fraction of sp³-hybridized carbons (Fsp3) is 0.591. The molecule has 6 nitrogen and oxygen atoms in total. The lowest BCUT2D eigenvalue weighted by Gasteiger charge is -2.42. The highest BCUT2D eigenvalue weighted by atomic mass is 32.1. The van der Waals surface area contributed by atoms with Crippen LogP contribution in [0.25, 0.3) is 0 Å². The first-order valence-electron chi connectivity index (χ1n) is 10.7. The van der Waals surface area contributed by atoms with Crippen LogP contribution in [0.4, 0.5) is 0 Å². The summed E-state index contributed by atoms with van der Waals surface area (Å²) in [6, 6.07) is 4.77. The molecule has 0 spiro atoms. The molecular formula is C22H31N5OS. The lowest BCUT2D eigenvalue weighted by Crippen LogP contribution is -2.50. The molecule has 2 aliphatic heterocycles. The van der Waals surface area contributed by atoms with Crippen molar-refractivity contribution < 1.29 is 4.79 Å². The Balaban J connectivity index is 1.23. The fourth-order valence-electron chi connectivity index (χ4n) is 4.54. The molecule has 2 aromatic heterocycles. The number of nitrogens with zero attached hydrogens (tertiary/aromatic N) is 4. The highest BCUT2D eigenvalue weighted by molar-refractivity contribution is 7.09. The molecule has 29 heavy (non-hydrogen) atoms. The number of aromatic nitrogens is 2. The first-order valence-corrected chi connectivity index (χ1v) is 11.6. The Morgan fingerprint density at radius 3 is 2.86 bits per heavy atom. The number of likely N-dealkylation sites (tertiary alicyclic amines) is 2. The Hall–Kier alpha value is -1.83. The molecule has 2 fully saturated rings. The summed E-state index contributed by atoms with van der Waals surface area (Å²) in [5.74, 6) is 0.301. The number of piperidine rings is 2. The van der Waals surface area contributed by atoms with Gasteiger partial charge in [-0.3, -0.25) is 19.6 Å². The third-order valence-corrected chi connectivity index (χ3v) is 7.07. The van der Waals surface area contributed by atoms with Gasteiger partial charge in [0.2, 0.25) is 5.91 Å². The van der Waals surface area contributed by atoms with Gasteiger partial charge in [0, 0.05) is 42.6 Å². The predicted octanol–water partition coefficient (Wildman–Crippen LogP) is 2.84. The van der Waals surface area contributed by atoms with Crippen molar-refractivity contribution in [2.45, 2.75) is 51.7 Å². The van der Waals surface area contributed by atoms with Gasteiger partial charge < -0.3 is 5.32 Å². The largest absolute Gasteiger partial charge is 0.349 e. The monoisotopic (exact) mass is 413 g/mol. The molecule has 4 heterocycles. The molecule has 1 N–H and O–H groups in total. The van der Waals surface area contributed by atoms with Crippen LogP contribution in [0.1, 0.15) is 41.9 Å². The normalized spacial score (nSPS) is 21.9. The third-order valence-electron chi connectivity index (χ3n) is 6.11. The van der Waals surface area contributed by atoms with Crippen molar-refractivity contribution in [1.29, 1.82) is 0 Å². The molecule has 0 aromatic carbocycles. The van der Waals surface area contributed by atoms with Crippen molar-refractivity contribution in [1.82, 2.24) is 25.1 Å². The Bertz CT molecular complexity index is 788. The molecule has 2 aliphatic rings. The van der Waals surface area contributed by atoms with Gasteiger partial charge in [0.05, 0.1) is 12.5 Å². The van der Waals surface area contributed by atoms with Gasteiger partial charge >= 0.3 is 0 Å². The highest BCUT2D eigenvalue weighted by Gasteiger charge is 2.31. The average Bonchev–Trinajstić information content (AvgIpc) is 3.18. The van der Waals surface area contributed by atoms with E-state index in [0.717, 1.165) is 56.3 Å². The maximum absolute atomic E-state index is 12.7. The Kier molecular flexibility index (Phi) is 6.90. The average molecular weight is 414 g/mol. The molecule has 1 amide bonds. The maximum Gasteiger partial charge on any atom is 0.224 e. The summed E-state index contributed by atoms with van der Waals surface area (Å²) in [6.45, 7) is 7.80. The minimum absolute atomic E-state index is 0.109. The number of carbonyl (C=O) groups excluding carboxylic acids is 1. The van der Waals surface area contributed by atoms with Gasteiger partial charge in [-0.2, -0.15) is 0 Å². The van der Waals surface area contributed by atoms with E-state index in [1.807, 2.05) is 30.8 Å². The van der Waals surface area contributed by atoms with E-state index in [4.69, 9.17) is 0 Å². The molecule has 1 atom stereocenters. The fourth-order valence-corrected chi connectivity index (χ4v) is 5.25. The van der Waals surface area contributed by atoms with E-state index in [0.29, 0.717) is 12.6 Å². The van der Waals surface area contributed by atoms with Crippen molar-refractivity contribution in [3.8, 4) is 0 Å². The summed E-state index contributed by atoms with van der Waals surface area (Å²) in [4.78, 5) is 26.4. The van der Waals surface area contributed by atoms with E-state index in [-0.39, 0.29) is 11.8 Å². The Morgan fingerprint density at radius 1 is 1.28 bits per heavy atom. The summed E-state index contributed by atoms with van der Waals surface area (Å²) in [7, 11) is 0. The first-order chi connectivity index (χ1) is 14.2.